The lowest BCUT2D eigenvalue weighted by Crippen LogP contribution is -2.52. The van der Waals surface area contributed by atoms with Crippen molar-refractivity contribution in [3.8, 4) is 11.1 Å². The van der Waals surface area contributed by atoms with Crippen molar-refractivity contribution in [1.82, 2.24) is 10.6 Å². The molecular weight excluding hydrogens is 412 g/mol. The zero-order valence-corrected chi connectivity index (χ0v) is 17.7. The normalized spacial score (nSPS) is 20.2. The van der Waals surface area contributed by atoms with Gasteiger partial charge in [-0.3, -0.25) is 9.59 Å². The van der Waals surface area contributed by atoms with Crippen LogP contribution in [0.3, 0.4) is 0 Å². The van der Waals surface area contributed by atoms with Gasteiger partial charge in [-0.15, -0.1) is 0 Å². The van der Waals surface area contributed by atoms with Gasteiger partial charge in [-0.05, 0) is 28.7 Å². The first-order chi connectivity index (χ1) is 15.5. The summed E-state index contributed by atoms with van der Waals surface area (Å²) in [5.74, 6) is -2.35. The van der Waals surface area contributed by atoms with Crippen molar-refractivity contribution in [3.05, 3.63) is 59.7 Å². The Kier molecular flexibility index (Phi) is 6.41. The average molecular weight is 438 g/mol. The predicted molar refractivity (Wildman–Crippen MR) is 116 cm³/mol. The Balaban J connectivity index is 1.36. The van der Waals surface area contributed by atoms with Gasteiger partial charge in [-0.1, -0.05) is 55.5 Å². The molecule has 1 fully saturated rings. The summed E-state index contributed by atoms with van der Waals surface area (Å²) in [6.07, 6.45) is -0.354. The highest BCUT2D eigenvalue weighted by Gasteiger charge is 2.36. The van der Waals surface area contributed by atoms with Gasteiger partial charge >= 0.3 is 12.1 Å². The summed E-state index contributed by atoms with van der Waals surface area (Å²) in [4.78, 5) is 36.3. The van der Waals surface area contributed by atoms with Crippen molar-refractivity contribution < 1.29 is 29.0 Å². The minimum atomic E-state index is -1.02. The molecule has 4 rings (SSSR count). The van der Waals surface area contributed by atoms with Gasteiger partial charge < -0.3 is 25.2 Å². The molecule has 8 heteroatoms. The quantitative estimate of drug-likeness (QED) is 0.612. The molecule has 0 spiro atoms. The van der Waals surface area contributed by atoms with E-state index >= 15 is 0 Å². The molecule has 32 heavy (non-hydrogen) atoms. The predicted octanol–water partition coefficient (Wildman–Crippen LogP) is 2.52. The Bertz CT molecular complexity index is 978. The monoisotopic (exact) mass is 438 g/mol. The first-order valence-corrected chi connectivity index (χ1v) is 10.7. The molecule has 1 aliphatic heterocycles. The number of carboxylic acids is 1. The van der Waals surface area contributed by atoms with Crippen molar-refractivity contribution in [3.63, 3.8) is 0 Å². The number of carboxylic acid groups (broad SMARTS) is 1. The van der Waals surface area contributed by atoms with Crippen LogP contribution < -0.4 is 10.6 Å². The third-order valence-electron chi connectivity index (χ3n) is 6.09. The van der Waals surface area contributed by atoms with Gasteiger partial charge in [0.15, 0.2) is 0 Å². The van der Waals surface area contributed by atoms with Gasteiger partial charge in [-0.25, -0.2) is 4.79 Å². The lowest BCUT2D eigenvalue weighted by molar-refractivity contribution is -0.142. The van der Waals surface area contributed by atoms with Crippen LogP contribution in [-0.2, 0) is 19.1 Å². The van der Waals surface area contributed by atoms with Crippen LogP contribution in [0.15, 0.2) is 48.5 Å². The van der Waals surface area contributed by atoms with E-state index in [-0.39, 0.29) is 25.7 Å². The zero-order chi connectivity index (χ0) is 22.7. The van der Waals surface area contributed by atoms with Crippen LogP contribution in [0.25, 0.3) is 11.1 Å². The lowest BCUT2D eigenvalue weighted by atomic mass is 9.98. The number of fused-ring (bicyclic) bond motifs is 3. The third-order valence-corrected chi connectivity index (χ3v) is 6.09. The van der Waals surface area contributed by atoms with E-state index in [1.807, 2.05) is 36.4 Å². The van der Waals surface area contributed by atoms with E-state index in [1.165, 1.54) is 0 Å². The summed E-state index contributed by atoms with van der Waals surface area (Å²) in [6, 6.07) is 14.6. The first-order valence-electron chi connectivity index (χ1n) is 10.7. The molecule has 2 aliphatic rings. The molecular formula is C24H26N2O6. The Hall–Kier alpha value is -3.39. The number of carbonyl (C=O) groups excluding carboxylic acids is 2. The molecule has 0 aromatic heterocycles. The number of hydrogen-bond acceptors (Lipinski definition) is 5. The van der Waals surface area contributed by atoms with E-state index in [0.717, 1.165) is 22.3 Å². The highest BCUT2D eigenvalue weighted by atomic mass is 16.5. The van der Waals surface area contributed by atoms with Crippen molar-refractivity contribution in [2.24, 2.45) is 5.92 Å². The molecule has 3 atom stereocenters. The molecule has 0 bridgehead atoms. The minimum Gasteiger partial charge on any atom is -0.481 e. The van der Waals surface area contributed by atoms with Crippen molar-refractivity contribution in [2.45, 2.75) is 31.3 Å². The lowest BCUT2D eigenvalue weighted by Gasteiger charge is -2.21. The number of hydrogen-bond donors (Lipinski definition) is 3. The molecule has 0 radical (unpaired) electrons. The Morgan fingerprint density at radius 3 is 2.28 bits per heavy atom. The van der Waals surface area contributed by atoms with Crippen LogP contribution in [0.1, 0.15) is 30.4 Å². The van der Waals surface area contributed by atoms with E-state index in [2.05, 4.69) is 22.8 Å². The zero-order valence-electron chi connectivity index (χ0n) is 17.7. The molecule has 8 nitrogen and oxygen atoms in total. The van der Waals surface area contributed by atoms with E-state index in [1.54, 1.807) is 6.92 Å². The topological polar surface area (TPSA) is 114 Å². The van der Waals surface area contributed by atoms with Gasteiger partial charge in [0.1, 0.15) is 18.6 Å². The third kappa shape index (κ3) is 4.31. The van der Waals surface area contributed by atoms with Crippen molar-refractivity contribution in [2.75, 3.05) is 19.8 Å². The van der Waals surface area contributed by atoms with E-state index < -0.39 is 36.0 Å². The fourth-order valence-electron chi connectivity index (χ4n) is 4.36. The summed E-state index contributed by atoms with van der Waals surface area (Å²) in [7, 11) is 0. The average Bonchev–Trinajstić information content (AvgIpc) is 3.38. The SMILES string of the molecule is CC[C@H](NC(=O)OCC1c2ccccc2-c2ccccc21)C(=O)NC1COCC1C(=O)O. The second-order valence-corrected chi connectivity index (χ2v) is 8.03. The van der Waals surface area contributed by atoms with Crippen molar-refractivity contribution in [1.29, 1.82) is 0 Å². The summed E-state index contributed by atoms with van der Waals surface area (Å²) < 4.78 is 10.7. The number of benzene rings is 2. The summed E-state index contributed by atoms with van der Waals surface area (Å²) in [5, 5.41) is 14.5. The largest absolute Gasteiger partial charge is 0.481 e. The van der Waals surface area contributed by atoms with Crippen LogP contribution in [0.2, 0.25) is 0 Å². The molecule has 2 amide bonds. The number of aliphatic carboxylic acids is 1. The number of amides is 2. The molecule has 2 aromatic rings. The molecule has 1 heterocycles. The number of carbonyl (C=O) groups is 3. The van der Waals surface area contributed by atoms with E-state index in [4.69, 9.17) is 9.47 Å². The van der Waals surface area contributed by atoms with Gasteiger partial charge in [0.2, 0.25) is 5.91 Å². The highest BCUT2D eigenvalue weighted by molar-refractivity contribution is 5.86. The first kappa shape index (κ1) is 21.8. The smallest absolute Gasteiger partial charge is 0.407 e. The Morgan fingerprint density at radius 1 is 1.06 bits per heavy atom. The molecule has 1 saturated heterocycles. The maximum Gasteiger partial charge on any atom is 0.407 e. The standard InChI is InChI=1S/C24H26N2O6/c1-2-20(22(27)25-21-13-31-11-19(21)23(28)29)26-24(30)32-12-18-16-9-5-3-7-14(16)15-8-4-6-10-17(15)18/h3-10,18-21H,2,11-13H2,1H3,(H,25,27)(H,26,30)(H,28,29)/t19?,20-,21?/m0/s1. The van der Waals surface area contributed by atoms with Gasteiger partial charge in [0.25, 0.3) is 0 Å². The molecule has 168 valence electrons. The van der Waals surface area contributed by atoms with Gasteiger partial charge in [0.05, 0.1) is 19.3 Å². The van der Waals surface area contributed by atoms with Crippen LogP contribution in [0.5, 0.6) is 0 Å². The maximum absolute atomic E-state index is 12.6. The number of alkyl carbamates (subject to hydrolysis) is 1. The fourth-order valence-corrected chi connectivity index (χ4v) is 4.36. The minimum absolute atomic E-state index is 0.0525. The molecule has 0 saturated carbocycles. The Morgan fingerprint density at radius 2 is 1.69 bits per heavy atom. The molecule has 3 N–H and O–H groups in total. The van der Waals surface area contributed by atoms with Crippen LogP contribution in [-0.4, -0.2) is 55.0 Å². The summed E-state index contributed by atoms with van der Waals surface area (Å²) in [6.45, 7) is 2.09. The van der Waals surface area contributed by atoms with Crippen LogP contribution in [0.4, 0.5) is 4.79 Å². The Labute approximate surface area is 185 Å². The van der Waals surface area contributed by atoms with Gasteiger partial charge in [0, 0.05) is 5.92 Å². The second kappa shape index (κ2) is 9.40. The summed E-state index contributed by atoms with van der Waals surface area (Å²) >= 11 is 0. The van der Waals surface area contributed by atoms with Crippen molar-refractivity contribution >= 4 is 18.0 Å². The van der Waals surface area contributed by atoms with Gasteiger partial charge in [-0.2, -0.15) is 0 Å². The van der Waals surface area contributed by atoms with E-state index in [0.29, 0.717) is 6.42 Å². The summed E-state index contributed by atoms with van der Waals surface area (Å²) in [5.41, 5.74) is 4.48. The van der Waals surface area contributed by atoms with Crippen LogP contribution >= 0.6 is 0 Å². The number of rotatable bonds is 7. The highest BCUT2D eigenvalue weighted by Crippen LogP contribution is 2.44. The molecule has 2 unspecified atom stereocenters. The molecule has 1 aliphatic carbocycles. The number of ether oxygens (including phenoxy) is 2. The second-order valence-electron chi connectivity index (χ2n) is 8.03. The van der Waals surface area contributed by atoms with E-state index in [9.17, 15) is 19.5 Å². The van der Waals surface area contributed by atoms with Crippen LogP contribution in [0, 0.1) is 5.92 Å². The maximum atomic E-state index is 12.6. The molecule has 2 aromatic carbocycles. The fraction of sp³-hybridized carbons (Fsp3) is 0.375. The number of nitrogens with one attached hydrogen (secondary N) is 2.